The Morgan fingerprint density at radius 3 is 2.38 bits per heavy atom. The monoisotopic (exact) mass is 226 g/mol. The number of hydrogen-bond donors (Lipinski definition) is 2. The van der Waals surface area contributed by atoms with Crippen LogP contribution in [0.3, 0.4) is 0 Å². The van der Waals surface area contributed by atoms with Gasteiger partial charge in [0.1, 0.15) is 0 Å². The second-order valence-corrected chi connectivity index (χ2v) is 4.92. The van der Waals surface area contributed by atoms with E-state index in [9.17, 15) is 9.59 Å². The van der Waals surface area contributed by atoms with Crippen molar-refractivity contribution in [1.29, 1.82) is 0 Å². The normalized spacial score (nSPS) is 16.4. The summed E-state index contributed by atoms with van der Waals surface area (Å²) in [6, 6.07) is 0.328. The number of nitrogens with one attached hydrogen (secondary N) is 2. The van der Waals surface area contributed by atoms with Crippen LogP contribution in [0.25, 0.3) is 0 Å². The van der Waals surface area contributed by atoms with Crippen LogP contribution in [0.15, 0.2) is 0 Å². The molecule has 2 amide bonds. The fourth-order valence-electron chi connectivity index (χ4n) is 1.97. The van der Waals surface area contributed by atoms with Gasteiger partial charge in [-0.3, -0.25) is 9.59 Å². The van der Waals surface area contributed by atoms with Gasteiger partial charge in [-0.25, -0.2) is 0 Å². The van der Waals surface area contributed by atoms with Gasteiger partial charge in [0.25, 0.3) is 0 Å². The van der Waals surface area contributed by atoms with Gasteiger partial charge in [-0.15, -0.1) is 0 Å². The van der Waals surface area contributed by atoms with Gasteiger partial charge in [0.05, 0.1) is 6.54 Å². The fraction of sp³-hybridized carbons (Fsp3) is 0.833. The number of carbonyl (C=O) groups is 2. The summed E-state index contributed by atoms with van der Waals surface area (Å²) in [5.74, 6) is 0.221. The van der Waals surface area contributed by atoms with E-state index in [-0.39, 0.29) is 18.4 Å². The van der Waals surface area contributed by atoms with Gasteiger partial charge in [-0.2, -0.15) is 0 Å². The molecule has 1 rings (SSSR count). The molecule has 1 aliphatic carbocycles. The number of carbonyl (C=O) groups excluding carboxylic acids is 2. The molecule has 0 unspecified atom stereocenters. The summed E-state index contributed by atoms with van der Waals surface area (Å²) in [7, 11) is 0. The van der Waals surface area contributed by atoms with Crippen LogP contribution in [-0.4, -0.2) is 24.4 Å². The molecule has 0 atom stereocenters. The van der Waals surface area contributed by atoms with Crippen molar-refractivity contribution in [3.63, 3.8) is 0 Å². The summed E-state index contributed by atoms with van der Waals surface area (Å²) >= 11 is 0. The quantitative estimate of drug-likeness (QED) is 0.740. The molecule has 0 radical (unpaired) electrons. The molecule has 0 heterocycles. The predicted molar refractivity (Wildman–Crippen MR) is 62.9 cm³/mol. The van der Waals surface area contributed by atoms with Crippen molar-refractivity contribution in [3.05, 3.63) is 0 Å². The first-order chi connectivity index (χ1) is 7.58. The number of rotatable bonds is 5. The largest absolute Gasteiger partial charge is 0.352 e. The minimum atomic E-state index is -0.0657. The van der Waals surface area contributed by atoms with Crippen molar-refractivity contribution < 1.29 is 9.59 Å². The molecule has 92 valence electrons. The zero-order valence-electron chi connectivity index (χ0n) is 10.2. The molecule has 0 aromatic heterocycles. The molecular weight excluding hydrogens is 204 g/mol. The van der Waals surface area contributed by atoms with E-state index >= 15 is 0 Å². The lowest BCUT2D eigenvalue weighted by atomic mass is 10.1. The third-order valence-corrected chi connectivity index (χ3v) is 2.76. The molecule has 4 heteroatoms. The highest BCUT2D eigenvalue weighted by Gasteiger charge is 2.17. The fourth-order valence-corrected chi connectivity index (χ4v) is 1.97. The topological polar surface area (TPSA) is 58.2 Å². The van der Waals surface area contributed by atoms with Crippen LogP contribution in [-0.2, 0) is 9.59 Å². The summed E-state index contributed by atoms with van der Waals surface area (Å²) in [5, 5.41) is 5.57. The minimum Gasteiger partial charge on any atom is -0.352 e. The first-order valence-corrected chi connectivity index (χ1v) is 6.14. The average Bonchev–Trinajstić information content (AvgIpc) is 2.66. The molecule has 0 aromatic carbocycles. The molecular formula is C12H22N2O2. The Hall–Kier alpha value is -1.06. The van der Waals surface area contributed by atoms with Crippen LogP contribution < -0.4 is 10.6 Å². The minimum absolute atomic E-state index is 0.0448. The molecule has 2 N–H and O–H groups in total. The summed E-state index contributed by atoms with van der Waals surface area (Å²) < 4.78 is 0. The van der Waals surface area contributed by atoms with Crippen molar-refractivity contribution in [3.8, 4) is 0 Å². The van der Waals surface area contributed by atoms with Crippen molar-refractivity contribution in [1.82, 2.24) is 10.6 Å². The lowest BCUT2D eigenvalue weighted by molar-refractivity contribution is -0.126. The van der Waals surface area contributed by atoms with Crippen LogP contribution in [0.4, 0.5) is 0 Å². The molecule has 16 heavy (non-hydrogen) atoms. The molecule has 0 aliphatic heterocycles. The first-order valence-electron chi connectivity index (χ1n) is 6.14. The van der Waals surface area contributed by atoms with E-state index in [0.717, 1.165) is 12.8 Å². The van der Waals surface area contributed by atoms with E-state index in [4.69, 9.17) is 0 Å². The lowest BCUT2D eigenvalue weighted by Crippen LogP contribution is -2.41. The van der Waals surface area contributed by atoms with Gasteiger partial charge in [-0.05, 0) is 18.8 Å². The van der Waals surface area contributed by atoms with E-state index in [2.05, 4.69) is 10.6 Å². The van der Waals surface area contributed by atoms with Crippen LogP contribution in [0, 0.1) is 5.92 Å². The summed E-state index contributed by atoms with van der Waals surface area (Å²) in [6.45, 7) is 4.08. The first kappa shape index (κ1) is 13.0. The standard InChI is InChI=1S/C12H22N2O2/c1-9(2)7-11(15)13-8-12(16)14-10-5-3-4-6-10/h9-10H,3-8H2,1-2H3,(H,13,15)(H,14,16). The maximum atomic E-state index is 11.5. The maximum Gasteiger partial charge on any atom is 0.239 e. The average molecular weight is 226 g/mol. The van der Waals surface area contributed by atoms with Crippen molar-refractivity contribution in [2.45, 2.75) is 52.0 Å². The Kier molecular flexibility index (Phi) is 5.29. The second-order valence-electron chi connectivity index (χ2n) is 4.92. The third-order valence-electron chi connectivity index (χ3n) is 2.76. The molecule has 0 bridgehead atoms. The van der Waals surface area contributed by atoms with Crippen LogP contribution >= 0.6 is 0 Å². The summed E-state index contributed by atoms with van der Waals surface area (Å²) in [5.41, 5.74) is 0. The van der Waals surface area contributed by atoms with Crippen LogP contribution in [0.5, 0.6) is 0 Å². The second kappa shape index (κ2) is 6.51. The van der Waals surface area contributed by atoms with Gasteiger partial charge in [0.15, 0.2) is 0 Å². The molecule has 1 fully saturated rings. The highest BCUT2D eigenvalue weighted by Crippen LogP contribution is 2.17. The molecule has 0 spiro atoms. The van der Waals surface area contributed by atoms with Crippen LogP contribution in [0.1, 0.15) is 46.0 Å². The smallest absolute Gasteiger partial charge is 0.239 e. The van der Waals surface area contributed by atoms with Gasteiger partial charge >= 0.3 is 0 Å². The Labute approximate surface area is 97.2 Å². The third kappa shape index (κ3) is 5.14. The highest BCUT2D eigenvalue weighted by molar-refractivity contribution is 5.84. The molecule has 1 aliphatic rings. The zero-order valence-corrected chi connectivity index (χ0v) is 10.2. The van der Waals surface area contributed by atoms with E-state index in [0.29, 0.717) is 18.4 Å². The Morgan fingerprint density at radius 2 is 1.81 bits per heavy atom. The summed E-state index contributed by atoms with van der Waals surface area (Å²) in [6.07, 6.45) is 5.03. The van der Waals surface area contributed by atoms with Gasteiger partial charge in [-0.1, -0.05) is 26.7 Å². The molecule has 4 nitrogen and oxygen atoms in total. The maximum absolute atomic E-state index is 11.5. The van der Waals surface area contributed by atoms with Crippen LogP contribution in [0.2, 0.25) is 0 Å². The van der Waals surface area contributed by atoms with E-state index in [1.165, 1.54) is 12.8 Å². The zero-order chi connectivity index (χ0) is 12.0. The number of hydrogen-bond acceptors (Lipinski definition) is 2. The SMILES string of the molecule is CC(C)CC(=O)NCC(=O)NC1CCCC1. The summed E-state index contributed by atoms with van der Waals surface area (Å²) in [4.78, 5) is 22.8. The van der Waals surface area contributed by atoms with Gasteiger partial charge in [0, 0.05) is 12.5 Å². The Balaban J connectivity index is 2.11. The molecule has 1 saturated carbocycles. The van der Waals surface area contributed by atoms with Crippen molar-refractivity contribution >= 4 is 11.8 Å². The van der Waals surface area contributed by atoms with Crippen molar-refractivity contribution in [2.75, 3.05) is 6.54 Å². The van der Waals surface area contributed by atoms with E-state index in [1.807, 2.05) is 13.8 Å². The Bertz CT molecular complexity index is 245. The number of amides is 2. The van der Waals surface area contributed by atoms with Crippen molar-refractivity contribution in [2.24, 2.45) is 5.92 Å². The van der Waals surface area contributed by atoms with E-state index < -0.39 is 0 Å². The predicted octanol–water partition coefficient (Wildman–Crippen LogP) is 1.21. The van der Waals surface area contributed by atoms with Gasteiger partial charge in [0.2, 0.25) is 11.8 Å². The molecule has 0 aromatic rings. The lowest BCUT2D eigenvalue weighted by Gasteiger charge is -2.12. The Morgan fingerprint density at radius 1 is 1.19 bits per heavy atom. The highest BCUT2D eigenvalue weighted by atomic mass is 16.2. The van der Waals surface area contributed by atoms with E-state index in [1.54, 1.807) is 0 Å². The molecule has 0 saturated heterocycles. The van der Waals surface area contributed by atoms with Gasteiger partial charge < -0.3 is 10.6 Å².